The van der Waals surface area contributed by atoms with Crippen molar-refractivity contribution in [2.75, 3.05) is 25.0 Å². The van der Waals surface area contributed by atoms with E-state index in [4.69, 9.17) is 33.2 Å². The van der Waals surface area contributed by atoms with Crippen LogP contribution in [0.5, 0.6) is 0 Å². The van der Waals surface area contributed by atoms with E-state index in [9.17, 15) is 0 Å². The number of piperidine rings is 1. The highest BCUT2D eigenvalue weighted by Gasteiger charge is 2.17. The average molecular weight is 455 g/mol. The van der Waals surface area contributed by atoms with Crippen LogP contribution in [-0.2, 0) is 0 Å². The van der Waals surface area contributed by atoms with Gasteiger partial charge in [-0.05, 0) is 57.0 Å². The number of benzene rings is 2. The van der Waals surface area contributed by atoms with Gasteiger partial charge < -0.3 is 10.2 Å². The molecule has 1 unspecified atom stereocenters. The van der Waals surface area contributed by atoms with Crippen LogP contribution in [0, 0.1) is 0 Å². The topological polar surface area (TPSA) is 41.0 Å². The van der Waals surface area contributed by atoms with Crippen LogP contribution in [0.25, 0.3) is 22.5 Å². The van der Waals surface area contributed by atoms with Gasteiger partial charge in [-0.2, -0.15) is 0 Å². The number of hydrogen-bond acceptors (Lipinski definition) is 4. The molecule has 0 radical (unpaired) electrons. The Morgan fingerprint density at radius 2 is 1.58 bits per heavy atom. The van der Waals surface area contributed by atoms with Gasteiger partial charge in [0.1, 0.15) is 5.82 Å². The summed E-state index contributed by atoms with van der Waals surface area (Å²) in [7, 11) is 0. The molecule has 3 aromatic rings. The molecule has 162 valence electrons. The Labute approximate surface area is 194 Å². The van der Waals surface area contributed by atoms with E-state index in [0.717, 1.165) is 47.8 Å². The summed E-state index contributed by atoms with van der Waals surface area (Å²) in [5, 5.41) is 4.86. The summed E-state index contributed by atoms with van der Waals surface area (Å²) in [4.78, 5) is 12.3. The van der Waals surface area contributed by atoms with Gasteiger partial charge in [-0.1, -0.05) is 53.9 Å². The Morgan fingerprint density at radius 3 is 2.23 bits per heavy atom. The zero-order valence-electron chi connectivity index (χ0n) is 17.8. The Hall–Kier alpha value is -2.14. The Kier molecular flexibility index (Phi) is 7.44. The summed E-state index contributed by atoms with van der Waals surface area (Å²) in [6, 6.07) is 16.1. The summed E-state index contributed by atoms with van der Waals surface area (Å²) in [6.07, 6.45) is 6.89. The highest BCUT2D eigenvalue weighted by atomic mass is 35.5. The van der Waals surface area contributed by atoms with Crippen LogP contribution < -0.4 is 5.32 Å². The molecular weight excluding hydrogens is 427 g/mol. The summed E-state index contributed by atoms with van der Waals surface area (Å²) in [5.74, 6) is 0.786. The molecule has 1 aromatic heterocycles. The lowest BCUT2D eigenvalue weighted by molar-refractivity contribution is 0.160. The summed E-state index contributed by atoms with van der Waals surface area (Å²) in [5.41, 5.74) is 3.61. The van der Waals surface area contributed by atoms with E-state index in [1.54, 1.807) is 0 Å². The van der Waals surface area contributed by atoms with Crippen molar-refractivity contribution in [3.63, 3.8) is 0 Å². The first-order valence-corrected chi connectivity index (χ1v) is 11.7. The molecule has 0 amide bonds. The van der Waals surface area contributed by atoms with E-state index in [2.05, 4.69) is 17.1 Å². The zero-order valence-corrected chi connectivity index (χ0v) is 19.3. The normalized spacial score (nSPS) is 16.9. The number of nitrogens with one attached hydrogen (secondary N) is 1. The maximum absolute atomic E-state index is 6.10. The minimum Gasteiger partial charge on any atom is -0.369 e. The van der Waals surface area contributed by atoms with E-state index in [1.165, 1.54) is 25.8 Å². The molecule has 0 spiro atoms. The second kappa shape index (κ2) is 10.4. The molecule has 2 aromatic carbocycles. The van der Waals surface area contributed by atoms with Gasteiger partial charge >= 0.3 is 0 Å². The highest BCUT2D eigenvalue weighted by molar-refractivity contribution is 6.31. The molecule has 1 saturated heterocycles. The van der Waals surface area contributed by atoms with E-state index in [0.29, 0.717) is 16.1 Å². The standard InChI is InChI=1S/C25H28Cl2N4/c1-18-5-2-3-15-31(18)16-4-14-28-23-17-29-24(19-6-10-21(26)11-7-19)25(30-23)20-8-12-22(27)13-9-20/h6-13,17-18H,2-5,14-16H2,1H3,(H,28,30). The van der Waals surface area contributed by atoms with Crippen molar-refractivity contribution in [1.29, 1.82) is 0 Å². The van der Waals surface area contributed by atoms with Crippen molar-refractivity contribution in [3.8, 4) is 22.5 Å². The maximum atomic E-state index is 6.10. The molecule has 0 bridgehead atoms. The smallest absolute Gasteiger partial charge is 0.145 e. The van der Waals surface area contributed by atoms with Crippen LogP contribution in [0.1, 0.15) is 32.6 Å². The molecule has 0 aliphatic carbocycles. The van der Waals surface area contributed by atoms with Crippen molar-refractivity contribution < 1.29 is 0 Å². The molecule has 2 heterocycles. The Morgan fingerprint density at radius 1 is 0.935 bits per heavy atom. The number of halogens is 2. The lowest BCUT2D eigenvalue weighted by Crippen LogP contribution is -2.38. The maximum Gasteiger partial charge on any atom is 0.145 e. The summed E-state index contributed by atoms with van der Waals surface area (Å²) in [6.45, 7) is 5.55. The number of anilines is 1. The first-order chi connectivity index (χ1) is 15.1. The average Bonchev–Trinajstić information content (AvgIpc) is 2.79. The predicted octanol–water partition coefficient (Wildman–Crippen LogP) is 6.79. The second-order valence-corrected chi connectivity index (χ2v) is 9.00. The lowest BCUT2D eigenvalue weighted by Gasteiger charge is -2.33. The van der Waals surface area contributed by atoms with E-state index in [1.807, 2.05) is 54.7 Å². The quantitative estimate of drug-likeness (QED) is 0.398. The van der Waals surface area contributed by atoms with Crippen molar-refractivity contribution in [3.05, 3.63) is 64.8 Å². The van der Waals surface area contributed by atoms with Gasteiger partial charge in [0.2, 0.25) is 0 Å². The van der Waals surface area contributed by atoms with E-state index in [-0.39, 0.29) is 0 Å². The molecule has 31 heavy (non-hydrogen) atoms. The fourth-order valence-electron chi connectivity index (χ4n) is 4.09. The van der Waals surface area contributed by atoms with Crippen LogP contribution in [0.2, 0.25) is 10.0 Å². The minimum atomic E-state index is 0.698. The Balaban J connectivity index is 1.50. The van der Waals surface area contributed by atoms with Crippen molar-refractivity contribution in [2.45, 2.75) is 38.6 Å². The van der Waals surface area contributed by atoms with Crippen LogP contribution in [-0.4, -0.2) is 40.5 Å². The molecule has 1 aliphatic rings. The van der Waals surface area contributed by atoms with Gasteiger partial charge in [0.05, 0.1) is 17.6 Å². The summed E-state index contributed by atoms with van der Waals surface area (Å²) >= 11 is 12.2. The second-order valence-electron chi connectivity index (χ2n) is 8.13. The molecule has 4 nitrogen and oxygen atoms in total. The lowest BCUT2D eigenvalue weighted by atomic mass is 10.0. The Bertz CT molecular complexity index is 989. The van der Waals surface area contributed by atoms with Crippen LogP contribution in [0.15, 0.2) is 54.7 Å². The minimum absolute atomic E-state index is 0.698. The number of hydrogen-bond donors (Lipinski definition) is 1. The third kappa shape index (κ3) is 5.76. The molecule has 1 fully saturated rings. The zero-order chi connectivity index (χ0) is 21.6. The largest absolute Gasteiger partial charge is 0.369 e. The molecule has 1 aliphatic heterocycles. The fourth-order valence-corrected chi connectivity index (χ4v) is 4.34. The molecule has 1 atom stereocenters. The monoisotopic (exact) mass is 454 g/mol. The van der Waals surface area contributed by atoms with Crippen molar-refractivity contribution in [2.24, 2.45) is 0 Å². The first kappa shape index (κ1) is 22.1. The highest BCUT2D eigenvalue weighted by Crippen LogP contribution is 2.31. The third-order valence-corrected chi connectivity index (χ3v) is 6.38. The molecule has 6 heteroatoms. The number of likely N-dealkylation sites (tertiary alicyclic amines) is 1. The predicted molar refractivity (Wildman–Crippen MR) is 131 cm³/mol. The number of aromatic nitrogens is 2. The van der Waals surface area contributed by atoms with Gasteiger partial charge in [-0.3, -0.25) is 4.98 Å². The number of rotatable bonds is 7. The SMILES string of the molecule is CC1CCCCN1CCCNc1cnc(-c2ccc(Cl)cc2)c(-c2ccc(Cl)cc2)n1. The number of nitrogens with zero attached hydrogens (tertiary/aromatic N) is 3. The third-order valence-electron chi connectivity index (χ3n) is 5.88. The van der Waals surface area contributed by atoms with Gasteiger partial charge in [0, 0.05) is 40.3 Å². The van der Waals surface area contributed by atoms with Gasteiger partial charge in [-0.25, -0.2) is 4.98 Å². The van der Waals surface area contributed by atoms with Gasteiger partial charge in [-0.15, -0.1) is 0 Å². The molecule has 4 rings (SSSR count). The van der Waals surface area contributed by atoms with Crippen LogP contribution >= 0.6 is 23.2 Å². The van der Waals surface area contributed by atoms with E-state index < -0.39 is 0 Å². The first-order valence-electron chi connectivity index (χ1n) is 11.0. The van der Waals surface area contributed by atoms with Crippen LogP contribution in [0.4, 0.5) is 5.82 Å². The van der Waals surface area contributed by atoms with Crippen molar-refractivity contribution in [1.82, 2.24) is 14.9 Å². The van der Waals surface area contributed by atoms with Gasteiger partial charge in [0.25, 0.3) is 0 Å². The van der Waals surface area contributed by atoms with E-state index >= 15 is 0 Å². The van der Waals surface area contributed by atoms with Crippen LogP contribution in [0.3, 0.4) is 0 Å². The molecular formula is C25H28Cl2N4. The fraction of sp³-hybridized carbons (Fsp3) is 0.360. The summed E-state index contributed by atoms with van der Waals surface area (Å²) < 4.78 is 0. The van der Waals surface area contributed by atoms with Crippen molar-refractivity contribution >= 4 is 29.0 Å². The molecule has 1 N–H and O–H groups in total. The molecule has 0 saturated carbocycles. The van der Waals surface area contributed by atoms with Gasteiger partial charge in [0.15, 0.2) is 0 Å².